The Hall–Kier alpha value is -1.46. The predicted octanol–water partition coefficient (Wildman–Crippen LogP) is 1.50. The standard InChI is InChI=1S/C7H10O6/c1-4-2-7(3-4,12-5(8)9)13-6(10)11/h4H,2-3H2,1H3,(H,8,9)(H,10,11). The molecule has 0 aromatic heterocycles. The molecular formula is C7H10O6. The number of carboxylic acid groups (broad SMARTS) is 2. The Balaban J connectivity index is 2.55. The van der Waals surface area contributed by atoms with Crippen molar-refractivity contribution in [3.8, 4) is 0 Å². The zero-order valence-corrected chi connectivity index (χ0v) is 7.02. The van der Waals surface area contributed by atoms with E-state index in [1.165, 1.54) is 0 Å². The lowest BCUT2D eigenvalue weighted by Gasteiger charge is -2.41. The average Bonchev–Trinajstić information content (AvgIpc) is 1.79. The predicted molar refractivity (Wildman–Crippen MR) is 39.3 cm³/mol. The van der Waals surface area contributed by atoms with Gasteiger partial charge in [-0.1, -0.05) is 6.92 Å². The van der Waals surface area contributed by atoms with Gasteiger partial charge in [-0.15, -0.1) is 0 Å². The Morgan fingerprint density at radius 1 is 1.23 bits per heavy atom. The fourth-order valence-electron chi connectivity index (χ4n) is 1.51. The topological polar surface area (TPSA) is 93.1 Å². The zero-order chi connectivity index (χ0) is 10.1. The third kappa shape index (κ3) is 2.24. The monoisotopic (exact) mass is 190 g/mol. The molecule has 6 nitrogen and oxygen atoms in total. The van der Waals surface area contributed by atoms with Crippen molar-refractivity contribution in [3.05, 3.63) is 0 Å². The lowest BCUT2D eigenvalue weighted by molar-refractivity contribution is -0.242. The molecule has 74 valence electrons. The molecule has 1 saturated carbocycles. The quantitative estimate of drug-likeness (QED) is 0.506. The van der Waals surface area contributed by atoms with Crippen LogP contribution in [0.5, 0.6) is 0 Å². The van der Waals surface area contributed by atoms with E-state index in [0.717, 1.165) is 0 Å². The van der Waals surface area contributed by atoms with Crippen molar-refractivity contribution in [1.29, 1.82) is 0 Å². The van der Waals surface area contributed by atoms with Crippen molar-refractivity contribution in [2.75, 3.05) is 0 Å². The van der Waals surface area contributed by atoms with Crippen molar-refractivity contribution < 1.29 is 29.3 Å². The van der Waals surface area contributed by atoms with Crippen molar-refractivity contribution in [2.24, 2.45) is 5.92 Å². The van der Waals surface area contributed by atoms with Crippen LogP contribution in [-0.4, -0.2) is 28.3 Å². The first-order valence-electron chi connectivity index (χ1n) is 3.77. The van der Waals surface area contributed by atoms with Gasteiger partial charge < -0.3 is 19.7 Å². The van der Waals surface area contributed by atoms with Gasteiger partial charge in [0.15, 0.2) is 0 Å². The average molecular weight is 190 g/mol. The van der Waals surface area contributed by atoms with Crippen LogP contribution < -0.4 is 0 Å². The second kappa shape index (κ2) is 3.12. The summed E-state index contributed by atoms with van der Waals surface area (Å²) in [6.07, 6.45) is -2.47. The maximum absolute atomic E-state index is 10.2. The molecule has 1 aliphatic rings. The van der Waals surface area contributed by atoms with Gasteiger partial charge in [0, 0.05) is 12.8 Å². The molecule has 0 aromatic carbocycles. The summed E-state index contributed by atoms with van der Waals surface area (Å²) in [6.45, 7) is 1.86. The number of rotatable bonds is 2. The van der Waals surface area contributed by atoms with Crippen LogP contribution in [0.3, 0.4) is 0 Å². The van der Waals surface area contributed by atoms with Crippen molar-refractivity contribution in [1.82, 2.24) is 0 Å². The number of hydrogen-bond donors (Lipinski definition) is 2. The molecule has 6 heteroatoms. The Bertz CT molecular complexity index is 211. The first kappa shape index (κ1) is 9.63. The smallest absolute Gasteiger partial charge is 0.450 e. The molecule has 1 fully saturated rings. The summed E-state index contributed by atoms with van der Waals surface area (Å²) in [5.74, 6) is -1.24. The van der Waals surface area contributed by atoms with E-state index in [-0.39, 0.29) is 18.8 Å². The molecule has 0 unspecified atom stereocenters. The van der Waals surface area contributed by atoms with Crippen LogP contribution in [0.2, 0.25) is 0 Å². The summed E-state index contributed by atoms with van der Waals surface area (Å²) in [5, 5.41) is 16.6. The van der Waals surface area contributed by atoms with E-state index in [4.69, 9.17) is 10.2 Å². The lowest BCUT2D eigenvalue weighted by Crippen LogP contribution is -2.49. The molecule has 0 saturated heterocycles. The van der Waals surface area contributed by atoms with Gasteiger partial charge >= 0.3 is 12.3 Å². The van der Waals surface area contributed by atoms with E-state index in [0.29, 0.717) is 0 Å². The summed E-state index contributed by atoms with van der Waals surface area (Å²) >= 11 is 0. The van der Waals surface area contributed by atoms with Gasteiger partial charge in [0.1, 0.15) is 0 Å². The van der Waals surface area contributed by atoms with Crippen LogP contribution >= 0.6 is 0 Å². The van der Waals surface area contributed by atoms with E-state index in [9.17, 15) is 9.59 Å². The minimum atomic E-state index is -1.52. The summed E-state index contributed by atoms with van der Waals surface area (Å²) in [7, 11) is 0. The van der Waals surface area contributed by atoms with E-state index in [1.807, 2.05) is 6.92 Å². The molecule has 1 aliphatic carbocycles. The van der Waals surface area contributed by atoms with E-state index < -0.39 is 18.1 Å². The SMILES string of the molecule is CC1CC(OC(=O)O)(OC(=O)O)C1. The molecule has 0 amide bonds. The molecule has 0 spiro atoms. The maximum Gasteiger partial charge on any atom is 0.509 e. The summed E-state index contributed by atoms with van der Waals surface area (Å²) < 4.78 is 8.74. The Morgan fingerprint density at radius 2 is 1.62 bits per heavy atom. The summed E-state index contributed by atoms with van der Waals surface area (Å²) in [4.78, 5) is 20.4. The van der Waals surface area contributed by atoms with Crippen molar-refractivity contribution in [2.45, 2.75) is 25.6 Å². The highest BCUT2D eigenvalue weighted by Crippen LogP contribution is 2.41. The highest BCUT2D eigenvalue weighted by atomic mass is 16.8. The van der Waals surface area contributed by atoms with Gasteiger partial charge in [0.05, 0.1) is 0 Å². The fraction of sp³-hybridized carbons (Fsp3) is 0.714. The van der Waals surface area contributed by atoms with Gasteiger partial charge in [-0.25, -0.2) is 9.59 Å². The molecule has 0 aromatic rings. The second-order valence-electron chi connectivity index (χ2n) is 3.16. The Labute approximate surface area is 74.1 Å². The van der Waals surface area contributed by atoms with Gasteiger partial charge in [-0.05, 0) is 5.92 Å². The highest BCUT2D eigenvalue weighted by Gasteiger charge is 2.50. The van der Waals surface area contributed by atoms with Crippen LogP contribution in [0.25, 0.3) is 0 Å². The Morgan fingerprint density at radius 3 is 1.85 bits per heavy atom. The molecule has 0 aliphatic heterocycles. The van der Waals surface area contributed by atoms with Crippen LogP contribution in [0, 0.1) is 5.92 Å². The summed E-state index contributed by atoms with van der Waals surface area (Å²) in [5.41, 5.74) is 0. The maximum atomic E-state index is 10.2. The zero-order valence-electron chi connectivity index (χ0n) is 7.02. The second-order valence-corrected chi connectivity index (χ2v) is 3.16. The van der Waals surface area contributed by atoms with Gasteiger partial charge in [0.25, 0.3) is 5.79 Å². The first-order valence-corrected chi connectivity index (χ1v) is 3.77. The van der Waals surface area contributed by atoms with Crippen LogP contribution in [0.15, 0.2) is 0 Å². The first-order chi connectivity index (χ1) is 5.93. The van der Waals surface area contributed by atoms with E-state index >= 15 is 0 Å². The molecule has 0 atom stereocenters. The van der Waals surface area contributed by atoms with Gasteiger partial charge in [-0.2, -0.15) is 0 Å². The molecule has 0 heterocycles. The van der Waals surface area contributed by atoms with Gasteiger partial charge in [-0.3, -0.25) is 0 Å². The molecule has 0 radical (unpaired) electrons. The van der Waals surface area contributed by atoms with Crippen molar-refractivity contribution in [3.63, 3.8) is 0 Å². The highest BCUT2D eigenvalue weighted by molar-refractivity contribution is 5.60. The summed E-state index contributed by atoms with van der Waals surface area (Å²) in [6, 6.07) is 0. The number of carbonyl (C=O) groups is 2. The minimum absolute atomic E-state index is 0.221. The van der Waals surface area contributed by atoms with Crippen molar-refractivity contribution >= 4 is 12.3 Å². The molecule has 0 bridgehead atoms. The molecular weight excluding hydrogens is 180 g/mol. The minimum Gasteiger partial charge on any atom is -0.450 e. The Kier molecular flexibility index (Phi) is 2.31. The largest absolute Gasteiger partial charge is 0.509 e. The number of ether oxygens (including phenoxy) is 2. The molecule has 13 heavy (non-hydrogen) atoms. The van der Waals surface area contributed by atoms with Crippen LogP contribution in [0.1, 0.15) is 19.8 Å². The molecule has 1 rings (SSSR count). The fourth-order valence-corrected chi connectivity index (χ4v) is 1.51. The third-order valence-corrected chi connectivity index (χ3v) is 1.87. The third-order valence-electron chi connectivity index (χ3n) is 1.87. The van der Waals surface area contributed by atoms with Crippen LogP contribution in [0.4, 0.5) is 9.59 Å². The molecule has 2 N–H and O–H groups in total. The van der Waals surface area contributed by atoms with Crippen LogP contribution in [-0.2, 0) is 9.47 Å². The van der Waals surface area contributed by atoms with Gasteiger partial charge in [0.2, 0.25) is 0 Å². The normalized spacial score (nSPS) is 20.1. The lowest BCUT2D eigenvalue weighted by atomic mass is 9.80. The van der Waals surface area contributed by atoms with E-state index in [2.05, 4.69) is 9.47 Å². The number of hydrogen-bond acceptors (Lipinski definition) is 4. The van der Waals surface area contributed by atoms with E-state index in [1.54, 1.807) is 0 Å².